The van der Waals surface area contributed by atoms with Crippen molar-refractivity contribution in [2.45, 2.75) is 50.8 Å². The molecule has 20 heavy (non-hydrogen) atoms. The summed E-state index contributed by atoms with van der Waals surface area (Å²) in [7, 11) is 0. The SMILES string of the molecule is Cc1ccc(C)c(CC(=O)NCC2CCCC(Br)C2)c1. The Hall–Kier alpha value is -0.830. The van der Waals surface area contributed by atoms with Crippen LogP contribution in [0.5, 0.6) is 0 Å². The van der Waals surface area contributed by atoms with E-state index in [2.05, 4.69) is 53.3 Å². The molecular weight excluding hydrogens is 314 g/mol. The molecule has 1 aliphatic carbocycles. The predicted molar refractivity (Wildman–Crippen MR) is 87.3 cm³/mol. The summed E-state index contributed by atoms with van der Waals surface area (Å²) in [6.45, 7) is 4.96. The maximum absolute atomic E-state index is 12.1. The van der Waals surface area contributed by atoms with Crippen molar-refractivity contribution in [1.29, 1.82) is 0 Å². The quantitative estimate of drug-likeness (QED) is 0.829. The first-order valence-corrected chi connectivity index (χ1v) is 8.43. The highest BCUT2D eigenvalue weighted by Gasteiger charge is 2.20. The van der Waals surface area contributed by atoms with Crippen molar-refractivity contribution in [3.05, 3.63) is 34.9 Å². The van der Waals surface area contributed by atoms with Gasteiger partial charge < -0.3 is 5.32 Å². The maximum atomic E-state index is 12.1. The van der Waals surface area contributed by atoms with Crippen LogP contribution >= 0.6 is 15.9 Å². The molecule has 110 valence electrons. The summed E-state index contributed by atoms with van der Waals surface area (Å²) in [5.41, 5.74) is 3.56. The highest BCUT2D eigenvalue weighted by molar-refractivity contribution is 9.09. The second-order valence-corrected chi connectivity index (χ2v) is 7.34. The zero-order chi connectivity index (χ0) is 14.5. The highest BCUT2D eigenvalue weighted by atomic mass is 79.9. The number of benzene rings is 1. The number of rotatable bonds is 4. The molecule has 0 spiro atoms. The van der Waals surface area contributed by atoms with Crippen LogP contribution in [0.25, 0.3) is 0 Å². The molecule has 2 unspecified atom stereocenters. The van der Waals surface area contributed by atoms with E-state index in [4.69, 9.17) is 0 Å². The van der Waals surface area contributed by atoms with E-state index in [0.717, 1.165) is 12.1 Å². The van der Waals surface area contributed by atoms with Crippen molar-refractivity contribution in [2.24, 2.45) is 5.92 Å². The third-order valence-corrected chi connectivity index (χ3v) is 4.99. The van der Waals surface area contributed by atoms with Gasteiger partial charge in [-0.05, 0) is 50.2 Å². The number of amides is 1. The largest absolute Gasteiger partial charge is 0.356 e. The molecule has 1 N–H and O–H groups in total. The first kappa shape index (κ1) is 15.6. The van der Waals surface area contributed by atoms with Crippen LogP contribution in [0, 0.1) is 19.8 Å². The van der Waals surface area contributed by atoms with E-state index in [1.54, 1.807) is 0 Å². The fourth-order valence-corrected chi connectivity index (χ4v) is 3.75. The molecule has 1 fully saturated rings. The van der Waals surface area contributed by atoms with Gasteiger partial charge in [0.05, 0.1) is 6.42 Å². The average molecular weight is 338 g/mol. The Kier molecular flexibility index (Phi) is 5.64. The molecule has 1 saturated carbocycles. The number of nitrogens with one attached hydrogen (secondary N) is 1. The van der Waals surface area contributed by atoms with Crippen molar-refractivity contribution in [3.8, 4) is 0 Å². The molecule has 1 amide bonds. The Morgan fingerprint density at radius 1 is 1.35 bits per heavy atom. The molecule has 2 atom stereocenters. The summed E-state index contributed by atoms with van der Waals surface area (Å²) in [5.74, 6) is 0.783. The zero-order valence-corrected chi connectivity index (χ0v) is 14.0. The van der Waals surface area contributed by atoms with E-state index in [1.807, 2.05) is 0 Å². The number of carbonyl (C=O) groups excluding carboxylic acids is 1. The van der Waals surface area contributed by atoms with Crippen LogP contribution in [0.15, 0.2) is 18.2 Å². The summed E-state index contributed by atoms with van der Waals surface area (Å²) in [5, 5.41) is 3.11. The van der Waals surface area contributed by atoms with E-state index in [9.17, 15) is 4.79 Å². The molecule has 0 heterocycles. The third-order valence-electron chi connectivity index (χ3n) is 4.16. The third kappa shape index (κ3) is 4.62. The van der Waals surface area contributed by atoms with Gasteiger partial charge in [0.1, 0.15) is 0 Å². The number of alkyl halides is 1. The van der Waals surface area contributed by atoms with Crippen molar-refractivity contribution in [1.82, 2.24) is 5.32 Å². The normalized spacial score (nSPS) is 22.6. The van der Waals surface area contributed by atoms with Crippen LogP contribution in [0.3, 0.4) is 0 Å². The van der Waals surface area contributed by atoms with E-state index in [-0.39, 0.29) is 5.91 Å². The molecular formula is C17H24BrNO. The number of aryl methyl sites for hydroxylation is 2. The fourth-order valence-electron chi connectivity index (χ4n) is 2.90. The number of halogens is 1. The van der Waals surface area contributed by atoms with Crippen LogP contribution < -0.4 is 5.32 Å². The van der Waals surface area contributed by atoms with Gasteiger partial charge in [0.25, 0.3) is 0 Å². The van der Waals surface area contributed by atoms with Crippen LogP contribution in [0.4, 0.5) is 0 Å². The lowest BCUT2D eigenvalue weighted by Gasteiger charge is -2.25. The second-order valence-electron chi connectivity index (χ2n) is 6.04. The molecule has 3 heteroatoms. The Morgan fingerprint density at radius 3 is 2.90 bits per heavy atom. The molecule has 0 radical (unpaired) electrons. The molecule has 0 aliphatic heterocycles. The number of hydrogen-bond donors (Lipinski definition) is 1. The Bertz CT molecular complexity index is 472. The summed E-state index contributed by atoms with van der Waals surface area (Å²) < 4.78 is 0. The van der Waals surface area contributed by atoms with Gasteiger partial charge in [0.15, 0.2) is 0 Å². The lowest BCUT2D eigenvalue weighted by Crippen LogP contribution is -2.33. The van der Waals surface area contributed by atoms with E-state index >= 15 is 0 Å². The first-order chi connectivity index (χ1) is 9.54. The van der Waals surface area contributed by atoms with E-state index in [0.29, 0.717) is 17.2 Å². The maximum Gasteiger partial charge on any atom is 0.224 e. The summed E-state index contributed by atoms with van der Waals surface area (Å²) >= 11 is 3.69. The van der Waals surface area contributed by atoms with E-state index < -0.39 is 0 Å². The number of carbonyl (C=O) groups is 1. The van der Waals surface area contributed by atoms with Gasteiger partial charge in [-0.1, -0.05) is 46.1 Å². The lowest BCUT2D eigenvalue weighted by atomic mass is 9.89. The van der Waals surface area contributed by atoms with Crippen molar-refractivity contribution in [3.63, 3.8) is 0 Å². The van der Waals surface area contributed by atoms with Crippen molar-refractivity contribution < 1.29 is 4.79 Å². The van der Waals surface area contributed by atoms with Gasteiger partial charge >= 0.3 is 0 Å². The molecule has 2 nitrogen and oxygen atoms in total. The minimum Gasteiger partial charge on any atom is -0.356 e. The molecule has 2 rings (SSSR count). The molecule has 1 aliphatic rings. The van der Waals surface area contributed by atoms with Crippen LogP contribution in [0.1, 0.15) is 42.4 Å². The van der Waals surface area contributed by atoms with Gasteiger partial charge in [-0.3, -0.25) is 4.79 Å². The topological polar surface area (TPSA) is 29.1 Å². The van der Waals surface area contributed by atoms with Crippen LogP contribution in [0.2, 0.25) is 0 Å². The van der Waals surface area contributed by atoms with Gasteiger partial charge in [0.2, 0.25) is 5.91 Å². The summed E-state index contributed by atoms with van der Waals surface area (Å²) in [4.78, 5) is 12.7. The Labute approximate surface area is 130 Å². The van der Waals surface area contributed by atoms with Crippen LogP contribution in [-0.4, -0.2) is 17.3 Å². The fraction of sp³-hybridized carbons (Fsp3) is 0.588. The monoisotopic (exact) mass is 337 g/mol. The van der Waals surface area contributed by atoms with Gasteiger partial charge in [-0.25, -0.2) is 0 Å². The smallest absolute Gasteiger partial charge is 0.224 e. The summed E-state index contributed by atoms with van der Waals surface area (Å²) in [6.07, 6.45) is 5.47. The van der Waals surface area contributed by atoms with Gasteiger partial charge in [-0.15, -0.1) is 0 Å². The molecule has 0 aromatic heterocycles. The Balaban J connectivity index is 1.82. The molecule has 0 saturated heterocycles. The average Bonchev–Trinajstić information content (AvgIpc) is 2.41. The second kappa shape index (κ2) is 7.26. The van der Waals surface area contributed by atoms with Crippen LogP contribution in [-0.2, 0) is 11.2 Å². The van der Waals surface area contributed by atoms with Gasteiger partial charge in [0, 0.05) is 11.4 Å². The standard InChI is InChI=1S/C17H24BrNO/c1-12-6-7-13(2)15(8-12)10-17(20)19-11-14-4-3-5-16(18)9-14/h6-8,14,16H,3-5,9-11H2,1-2H3,(H,19,20). The minimum absolute atomic E-state index is 0.149. The van der Waals surface area contributed by atoms with Crippen molar-refractivity contribution in [2.75, 3.05) is 6.54 Å². The lowest BCUT2D eigenvalue weighted by molar-refractivity contribution is -0.120. The predicted octanol–water partition coefficient (Wildman–Crippen LogP) is 3.92. The summed E-state index contributed by atoms with van der Waals surface area (Å²) in [6, 6.07) is 6.30. The Morgan fingerprint density at radius 2 is 2.15 bits per heavy atom. The molecule has 0 bridgehead atoms. The van der Waals surface area contributed by atoms with Gasteiger partial charge in [-0.2, -0.15) is 0 Å². The minimum atomic E-state index is 0.149. The van der Waals surface area contributed by atoms with E-state index in [1.165, 1.54) is 36.8 Å². The zero-order valence-electron chi connectivity index (χ0n) is 12.4. The molecule has 1 aromatic rings. The highest BCUT2D eigenvalue weighted by Crippen LogP contribution is 2.28. The first-order valence-electron chi connectivity index (χ1n) is 7.51. The molecule has 1 aromatic carbocycles. The number of hydrogen-bond acceptors (Lipinski definition) is 1. The van der Waals surface area contributed by atoms with Crippen molar-refractivity contribution >= 4 is 21.8 Å².